The van der Waals surface area contributed by atoms with E-state index in [4.69, 9.17) is 11.6 Å². The number of hydrogen-bond donors (Lipinski definition) is 1. The minimum atomic E-state index is -4.24. The van der Waals surface area contributed by atoms with Crippen molar-refractivity contribution in [2.75, 3.05) is 6.54 Å². The van der Waals surface area contributed by atoms with E-state index in [0.29, 0.717) is 18.1 Å². The topological polar surface area (TPSA) is 12.0 Å². The lowest BCUT2D eigenvalue weighted by molar-refractivity contribution is -0.0328. The van der Waals surface area contributed by atoms with Gasteiger partial charge in [0.25, 0.3) is 0 Å². The molecule has 94 valence electrons. The molecule has 0 aliphatic rings. The third-order valence-electron chi connectivity index (χ3n) is 1.80. The number of thioether (sulfide) groups is 1. The van der Waals surface area contributed by atoms with E-state index in [1.807, 2.05) is 0 Å². The second-order valence-electron chi connectivity index (χ2n) is 3.31. The van der Waals surface area contributed by atoms with Gasteiger partial charge in [-0.15, -0.1) is 0 Å². The van der Waals surface area contributed by atoms with Gasteiger partial charge < -0.3 is 5.32 Å². The minimum Gasteiger partial charge on any atom is -0.308 e. The fraction of sp³-hybridized carbons (Fsp3) is 0.273. The van der Waals surface area contributed by atoms with Gasteiger partial charge >= 0.3 is 5.51 Å². The SMILES string of the molecule is C=C(Cl)CNCc1ccc(SC(F)(F)F)cc1. The van der Waals surface area contributed by atoms with Crippen LogP contribution in [0.3, 0.4) is 0 Å². The summed E-state index contributed by atoms with van der Waals surface area (Å²) < 4.78 is 36.2. The zero-order chi connectivity index (χ0) is 12.9. The predicted molar refractivity (Wildman–Crippen MR) is 65.1 cm³/mol. The summed E-state index contributed by atoms with van der Waals surface area (Å²) in [6.07, 6.45) is 0. The summed E-state index contributed by atoms with van der Waals surface area (Å²) in [7, 11) is 0. The Kier molecular flexibility index (Phi) is 5.36. The largest absolute Gasteiger partial charge is 0.446 e. The number of nitrogens with one attached hydrogen (secondary N) is 1. The molecule has 1 N–H and O–H groups in total. The molecule has 0 saturated carbocycles. The van der Waals surface area contributed by atoms with E-state index in [9.17, 15) is 13.2 Å². The lowest BCUT2D eigenvalue weighted by Crippen LogP contribution is -2.14. The van der Waals surface area contributed by atoms with E-state index in [0.717, 1.165) is 5.56 Å². The molecular formula is C11H11ClF3NS. The van der Waals surface area contributed by atoms with Gasteiger partial charge in [-0.05, 0) is 29.5 Å². The summed E-state index contributed by atoms with van der Waals surface area (Å²) in [5.41, 5.74) is -3.34. The van der Waals surface area contributed by atoms with Crippen LogP contribution < -0.4 is 5.32 Å². The first-order valence-corrected chi connectivity index (χ1v) is 5.95. The summed E-state index contributed by atoms with van der Waals surface area (Å²) in [6.45, 7) is 4.53. The molecule has 1 aromatic carbocycles. The minimum absolute atomic E-state index is 0.117. The standard InChI is InChI=1S/C11H11ClF3NS/c1-8(12)6-16-7-9-2-4-10(5-3-9)17-11(13,14)15/h2-5,16H,1,6-7H2. The van der Waals surface area contributed by atoms with Crippen molar-refractivity contribution in [2.24, 2.45) is 0 Å². The summed E-state index contributed by atoms with van der Waals surface area (Å²) >= 11 is 5.44. The van der Waals surface area contributed by atoms with Crippen molar-refractivity contribution in [1.82, 2.24) is 5.32 Å². The highest BCUT2D eigenvalue weighted by atomic mass is 35.5. The van der Waals surface area contributed by atoms with Gasteiger partial charge in [0.2, 0.25) is 0 Å². The summed E-state index contributed by atoms with van der Waals surface area (Å²) in [5, 5.41) is 3.50. The highest BCUT2D eigenvalue weighted by Crippen LogP contribution is 2.36. The molecule has 1 rings (SSSR count). The first kappa shape index (κ1) is 14.4. The van der Waals surface area contributed by atoms with Crippen LogP contribution >= 0.6 is 23.4 Å². The molecule has 0 bridgehead atoms. The molecule has 0 aromatic heterocycles. The number of benzene rings is 1. The van der Waals surface area contributed by atoms with Gasteiger partial charge in [-0.1, -0.05) is 30.3 Å². The Morgan fingerprint density at radius 3 is 2.35 bits per heavy atom. The maximum Gasteiger partial charge on any atom is 0.446 e. The lowest BCUT2D eigenvalue weighted by Gasteiger charge is -2.07. The Labute approximate surface area is 107 Å². The molecule has 0 aliphatic heterocycles. The van der Waals surface area contributed by atoms with Crippen molar-refractivity contribution in [2.45, 2.75) is 16.9 Å². The molecule has 6 heteroatoms. The van der Waals surface area contributed by atoms with Crippen LogP contribution in [0.4, 0.5) is 13.2 Å². The molecule has 17 heavy (non-hydrogen) atoms. The maximum atomic E-state index is 12.1. The number of halogens is 4. The Hall–Kier alpha value is -0.650. The first-order chi connectivity index (χ1) is 7.87. The van der Waals surface area contributed by atoms with Crippen LogP contribution in [-0.4, -0.2) is 12.1 Å². The van der Waals surface area contributed by atoms with Gasteiger partial charge in [0, 0.05) is 23.0 Å². The van der Waals surface area contributed by atoms with Crippen molar-refractivity contribution >= 4 is 23.4 Å². The van der Waals surface area contributed by atoms with Gasteiger partial charge in [-0.3, -0.25) is 0 Å². The zero-order valence-electron chi connectivity index (χ0n) is 8.85. The molecule has 0 saturated heterocycles. The van der Waals surface area contributed by atoms with Gasteiger partial charge in [0.05, 0.1) is 0 Å². The number of rotatable bonds is 5. The van der Waals surface area contributed by atoms with Crippen LogP contribution in [0.15, 0.2) is 40.8 Å². The highest BCUT2D eigenvalue weighted by molar-refractivity contribution is 8.00. The van der Waals surface area contributed by atoms with E-state index in [2.05, 4.69) is 11.9 Å². The Bertz CT molecular complexity index is 375. The van der Waals surface area contributed by atoms with Crippen molar-refractivity contribution in [3.8, 4) is 0 Å². The molecule has 1 nitrogen and oxygen atoms in total. The van der Waals surface area contributed by atoms with Crippen molar-refractivity contribution < 1.29 is 13.2 Å². The van der Waals surface area contributed by atoms with Gasteiger partial charge in [0.15, 0.2) is 0 Å². The van der Waals surface area contributed by atoms with Crippen LogP contribution in [-0.2, 0) is 6.54 Å². The van der Waals surface area contributed by atoms with Gasteiger partial charge in [-0.2, -0.15) is 13.2 Å². The summed E-state index contributed by atoms with van der Waals surface area (Å²) in [4.78, 5) is 0.183. The normalized spacial score (nSPS) is 11.5. The molecule has 0 amide bonds. The van der Waals surface area contributed by atoms with Crippen molar-refractivity contribution in [3.63, 3.8) is 0 Å². The third kappa shape index (κ3) is 6.61. The Morgan fingerprint density at radius 1 is 1.29 bits per heavy atom. The van der Waals surface area contributed by atoms with Crippen LogP contribution in [0.1, 0.15) is 5.56 Å². The van der Waals surface area contributed by atoms with E-state index >= 15 is 0 Å². The molecule has 0 unspecified atom stereocenters. The molecule has 0 radical (unpaired) electrons. The summed E-state index contributed by atoms with van der Waals surface area (Å²) in [6, 6.07) is 6.20. The van der Waals surface area contributed by atoms with Crippen molar-refractivity contribution in [3.05, 3.63) is 41.4 Å². The average Bonchev–Trinajstić information content (AvgIpc) is 2.18. The van der Waals surface area contributed by atoms with E-state index in [1.54, 1.807) is 12.1 Å². The predicted octanol–water partition coefficient (Wildman–Crippen LogP) is 4.14. The van der Waals surface area contributed by atoms with Gasteiger partial charge in [-0.25, -0.2) is 0 Å². The fourth-order valence-electron chi connectivity index (χ4n) is 1.15. The van der Waals surface area contributed by atoms with Crippen LogP contribution in [0, 0.1) is 0 Å². The highest BCUT2D eigenvalue weighted by Gasteiger charge is 2.28. The van der Waals surface area contributed by atoms with Crippen LogP contribution in [0.5, 0.6) is 0 Å². The Morgan fingerprint density at radius 2 is 1.88 bits per heavy atom. The molecule has 0 aliphatic carbocycles. The second kappa shape index (κ2) is 6.33. The average molecular weight is 282 g/mol. The monoisotopic (exact) mass is 281 g/mol. The first-order valence-electron chi connectivity index (χ1n) is 4.75. The molecule has 1 aromatic rings. The quantitative estimate of drug-likeness (QED) is 0.814. The van der Waals surface area contributed by atoms with Crippen LogP contribution in [0.25, 0.3) is 0 Å². The van der Waals surface area contributed by atoms with E-state index < -0.39 is 5.51 Å². The Balaban J connectivity index is 2.47. The van der Waals surface area contributed by atoms with E-state index in [1.165, 1.54) is 12.1 Å². The maximum absolute atomic E-state index is 12.1. The van der Waals surface area contributed by atoms with Crippen molar-refractivity contribution in [1.29, 1.82) is 0 Å². The number of alkyl halides is 3. The lowest BCUT2D eigenvalue weighted by atomic mass is 10.2. The fourth-order valence-corrected chi connectivity index (χ4v) is 1.79. The molecule has 0 atom stereocenters. The molecule has 0 spiro atoms. The molecule has 0 heterocycles. The summed E-state index contributed by atoms with van der Waals surface area (Å²) in [5.74, 6) is 0. The van der Waals surface area contributed by atoms with E-state index in [-0.39, 0.29) is 16.7 Å². The molecule has 0 fully saturated rings. The number of hydrogen-bond acceptors (Lipinski definition) is 2. The molecular weight excluding hydrogens is 271 g/mol. The zero-order valence-corrected chi connectivity index (χ0v) is 10.4. The second-order valence-corrected chi connectivity index (χ2v) is 4.99. The van der Waals surface area contributed by atoms with Crippen LogP contribution in [0.2, 0.25) is 0 Å². The third-order valence-corrected chi connectivity index (χ3v) is 2.68. The van der Waals surface area contributed by atoms with Gasteiger partial charge in [0.1, 0.15) is 0 Å². The smallest absolute Gasteiger partial charge is 0.308 e.